The largest absolute Gasteiger partial charge is 0.447 e. The number of hydrogen-bond acceptors (Lipinski definition) is 4. The minimum Gasteiger partial charge on any atom is -0.447 e. The van der Waals surface area contributed by atoms with Gasteiger partial charge in [-0.15, -0.1) is 0 Å². The summed E-state index contributed by atoms with van der Waals surface area (Å²) in [5.41, 5.74) is 0. The van der Waals surface area contributed by atoms with Gasteiger partial charge in [-0.05, 0) is 0 Å². The average Bonchev–Trinajstić information content (AvgIpc) is 2.43. The first-order valence-electron chi connectivity index (χ1n) is 3.49. The Morgan fingerprint density at radius 3 is 2.91 bits per heavy atom. The zero-order chi connectivity index (χ0) is 8.01. The number of fused-ring (bicyclic) bond motifs is 1. The standard InChI is InChI=1S/C6H9NO4/c8-4-1-7-3(5(4)9)2-11-6(7)10/h3-5,8-9H,1-2H2/t3-,4+,5+/m0/s1. The van der Waals surface area contributed by atoms with Gasteiger partial charge in [-0.25, -0.2) is 4.79 Å². The van der Waals surface area contributed by atoms with Gasteiger partial charge in [-0.3, -0.25) is 4.90 Å². The molecule has 2 rings (SSSR count). The van der Waals surface area contributed by atoms with Crippen LogP contribution in [0, 0.1) is 0 Å². The Kier molecular flexibility index (Phi) is 1.30. The third-order valence-corrected chi connectivity index (χ3v) is 2.18. The van der Waals surface area contributed by atoms with Gasteiger partial charge in [-0.2, -0.15) is 0 Å². The molecule has 2 saturated heterocycles. The monoisotopic (exact) mass is 159 g/mol. The number of carbonyl (C=O) groups is 1. The molecular formula is C6H9NO4. The van der Waals surface area contributed by atoms with Gasteiger partial charge in [0.25, 0.3) is 0 Å². The van der Waals surface area contributed by atoms with Gasteiger partial charge in [0.2, 0.25) is 0 Å². The van der Waals surface area contributed by atoms with Crippen LogP contribution in [0.1, 0.15) is 0 Å². The van der Waals surface area contributed by atoms with Gasteiger partial charge < -0.3 is 14.9 Å². The second-order valence-corrected chi connectivity index (χ2v) is 2.85. The Morgan fingerprint density at radius 1 is 1.55 bits per heavy atom. The lowest BCUT2D eigenvalue weighted by atomic mass is 10.1. The van der Waals surface area contributed by atoms with Crippen molar-refractivity contribution in [1.82, 2.24) is 4.90 Å². The fourth-order valence-electron chi connectivity index (χ4n) is 1.52. The summed E-state index contributed by atoms with van der Waals surface area (Å²) in [6, 6.07) is -0.336. The number of amides is 1. The van der Waals surface area contributed by atoms with E-state index in [9.17, 15) is 9.90 Å². The Labute approximate surface area is 63.2 Å². The molecule has 1 amide bonds. The molecule has 2 aliphatic heterocycles. The van der Waals surface area contributed by atoms with Crippen molar-refractivity contribution in [2.45, 2.75) is 18.2 Å². The Morgan fingerprint density at radius 2 is 2.27 bits per heavy atom. The van der Waals surface area contributed by atoms with E-state index < -0.39 is 18.3 Å². The summed E-state index contributed by atoms with van der Waals surface area (Å²) in [5, 5.41) is 18.4. The average molecular weight is 159 g/mol. The first-order chi connectivity index (χ1) is 5.20. The summed E-state index contributed by atoms with van der Waals surface area (Å²) in [6.45, 7) is 0.377. The highest BCUT2D eigenvalue weighted by atomic mass is 16.6. The zero-order valence-electron chi connectivity index (χ0n) is 5.80. The molecule has 11 heavy (non-hydrogen) atoms. The number of ether oxygens (including phenoxy) is 1. The van der Waals surface area contributed by atoms with E-state index in [4.69, 9.17) is 5.11 Å². The predicted molar refractivity (Wildman–Crippen MR) is 33.9 cm³/mol. The molecule has 0 aromatic carbocycles. The van der Waals surface area contributed by atoms with Crippen molar-refractivity contribution >= 4 is 6.09 Å². The highest BCUT2D eigenvalue weighted by Gasteiger charge is 2.47. The van der Waals surface area contributed by atoms with Crippen molar-refractivity contribution in [3.63, 3.8) is 0 Å². The molecule has 5 nitrogen and oxygen atoms in total. The SMILES string of the molecule is O=C1OC[C@H]2[C@@H](O)[C@H](O)CN12. The van der Waals surface area contributed by atoms with Crippen molar-refractivity contribution < 1.29 is 19.7 Å². The Balaban J connectivity index is 2.18. The Bertz CT molecular complexity index is 195. The molecule has 2 fully saturated rings. The molecule has 5 heteroatoms. The first-order valence-corrected chi connectivity index (χ1v) is 3.49. The minimum atomic E-state index is -0.846. The van der Waals surface area contributed by atoms with Crippen LogP contribution < -0.4 is 0 Å². The number of rotatable bonds is 0. The van der Waals surface area contributed by atoms with E-state index in [2.05, 4.69) is 4.74 Å². The van der Waals surface area contributed by atoms with Gasteiger partial charge in [-0.1, -0.05) is 0 Å². The topological polar surface area (TPSA) is 70.0 Å². The van der Waals surface area contributed by atoms with Gasteiger partial charge in [0, 0.05) is 0 Å². The van der Waals surface area contributed by atoms with E-state index in [0.717, 1.165) is 0 Å². The summed E-state index contributed by atoms with van der Waals surface area (Å²) in [7, 11) is 0. The molecule has 2 heterocycles. The quantitative estimate of drug-likeness (QED) is 0.453. The predicted octanol–water partition coefficient (Wildman–Crippen LogP) is -1.46. The molecule has 0 aromatic heterocycles. The van der Waals surface area contributed by atoms with E-state index in [1.807, 2.05) is 0 Å². The minimum absolute atomic E-state index is 0.185. The van der Waals surface area contributed by atoms with Crippen molar-refractivity contribution in [3.8, 4) is 0 Å². The van der Waals surface area contributed by atoms with E-state index in [1.165, 1.54) is 4.90 Å². The summed E-state index contributed by atoms with van der Waals surface area (Å²) >= 11 is 0. The zero-order valence-corrected chi connectivity index (χ0v) is 5.80. The number of aliphatic hydroxyl groups excluding tert-OH is 2. The maximum atomic E-state index is 10.8. The summed E-state index contributed by atoms with van der Waals surface area (Å²) in [5.74, 6) is 0. The number of carbonyl (C=O) groups excluding carboxylic acids is 1. The van der Waals surface area contributed by atoms with Gasteiger partial charge in [0.1, 0.15) is 12.7 Å². The lowest BCUT2D eigenvalue weighted by molar-refractivity contribution is 0.0323. The van der Waals surface area contributed by atoms with E-state index in [-0.39, 0.29) is 19.2 Å². The molecule has 0 unspecified atom stereocenters. The molecule has 0 bridgehead atoms. The maximum absolute atomic E-state index is 10.8. The fraction of sp³-hybridized carbons (Fsp3) is 0.833. The van der Waals surface area contributed by atoms with E-state index >= 15 is 0 Å². The number of aliphatic hydroxyl groups is 2. The second kappa shape index (κ2) is 2.09. The van der Waals surface area contributed by atoms with Gasteiger partial charge in [0.15, 0.2) is 0 Å². The molecule has 0 spiro atoms. The fourth-order valence-corrected chi connectivity index (χ4v) is 1.52. The van der Waals surface area contributed by atoms with E-state index in [0.29, 0.717) is 0 Å². The second-order valence-electron chi connectivity index (χ2n) is 2.85. The van der Waals surface area contributed by atoms with Crippen molar-refractivity contribution in [3.05, 3.63) is 0 Å². The summed E-state index contributed by atoms with van der Waals surface area (Å²) < 4.78 is 4.65. The van der Waals surface area contributed by atoms with Crippen molar-refractivity contribution in [1.29, 1.82) is 0 Å². The van der Waals surface area contributed by atoms with Crippen LogP contribution in [0.4, 0.5) is 4.79 Å². The molecule has 2 aliphatic rings. The first kappa shape index (κ1) is 6.87. The Hall–Kier alpha value is -0.810. The van der Waals surface area contributed by atoms with Crippen LogP contribution in [0.15, 0.2) is 0 Å². The molecule has 0 radical (unpaired) electrons. The highest BCUT2D eigenvalue weighted by Crippen LogP contribution is 2.24. The lowest BCUT2D eigenvalue weighted by Gasteiger charge is -2.11. The van der Waals surface area contributed by atoms with Crippen LogP contribution in [0.2, 0.25) is 0 Å². The molecular weight excluding hydrogens is 150 g/mol. The van der Waals surface area contributed by atoms with Gasteiger partial charge >= 0.3 is 6.09 Å². The third-order valence-electron chi connectivity index (χ3n) is 2.18. The molecule has 0 aromatic rings. The summed E-state index contributed by atoms with van der Waals surface area (Å²) in [4.78, 5) is 12.2. The van der Waals surface area contributed by atoms with Gasteiger partial charge in [0.05, 0.1) is 18.7 Å². The molecule has 3 atom stereocenters. The highest BCUT2D eigenvalue weighted by molar-refractivity contribution is 5.70. The van der Waals surface area contributed by atoms with Crippen molar-refractivity contribution in [2.75, 3.05) is 13.2 Å². The number of hydrogen-bond donors (Lipinski definition) is 2. The van der Waals surface area contributed by atoms with Crippen LogP contribution in [0.5, 0.6) is 0 Å². The molecule has 0 saturated carbocycles. The molecule has 2 N–H and O–H groups in total. The normalized spacial score (nSPS) is 42.5. The number of nitrogens with zero attached hydrogens (tertiary/aromatic N) is 1. The van der Waals surface area contributed by atoms with Crippen LogP contribution in [0.3, 0.4) is 0 Å². The van der Waals surface area contributed by atoms with E-state index in [1.54, 1.807) is 0 Å². The number of cyclic esters (lactones) is 1. The van der Waals surface area contributed by atoms with Crippen LogP contribution in [0.25, 0.3) is 0 Å². The smallest absolute Gasteiger partial charge is 0.410 e. The van der Waals surface area contributed by atoms with Crippen LogP contribution in [-0.2, 0) is 4.74 Å². The maximum Gasteiger partial charge on any atom is 0.410 e. The van der Waals surface area contributed by atoms with Crippen LogP contribution in [-0.4, -0.2) is 52.6 Å². The summed E-state index contributed by atoms with van der Waals surface area (Å²) in [6.07, 6.45) is -2.10. The lowest BCUT2D eigenvalue weighted by Crippen LogP contribution is -2.33. The molecule has 62 valence electrons. The van der Waals surface area contributed by atoms with Crippen LogP contribution >= 0.6 is 0 Å². The third kappa shape index (κ3) is 0.812. The van der Waals surface area contributed by atoms with Crippen molar-refractivity contribution in [2.24, 2.45) is 0 Å². The molecule has 0 aliphatic carbocycles.